The molecule has 5 atom stereocenters. The highest BCUT2D eigenvalue weighted by molar-refractivity contribution is 7.85. The first kappa shape index (κ1) is 58.6. The Hall–Kier alpha value is -5.63. The minimum absolute atomic E-state index is 0.00105. The third-order valence-corrected chi connectivity index (χ3v) is 19.4. The zero-order chi connectivity index (χ0) is 60.3. The number of rotatable bonds is 21. The summed E-state index contributed by atoms with van der Waals surface area (Å²) < 4.78 is 68.7. The quantitative estimate of drug-likeness (QED) is 0.0602. The van der Waals surface area contributed by atoms with Gasteiger partial charge in [-0.1, -0.05) is 46.6 Å². The lowest BCUT2D eigenvalue weighted by atomic mass is 9.84. The Morgan fingerprint density at radius 3 is 1.73 bits per heavy atom. The molecule has 17 nitrogen and oxygen atoms in total. The molecule has 0 saturated carbocycles. The predicted molar refractivity (Wildman–Crippen MR) is 311 cm³/mol. The number of nitrogens with zero attached hydrogens (tertiary/aromatic N) is 3. The number of fused-ring (bicyclic) bond motifs is 6. The van der Waals surface area contributed by atoms with E-state index in [2.05, 4.69) is 65.8 Å². The van der Waals surface area contributed by atoms with Crippen molar-refractivity contribution >= 4 is 51.4 Å². The SMILES string of the molecule is [2H]C([2H])(CC[C@@H](C(=O)O)N1Cc2c(cc(OC(=O)N3CCS(=O)CC3)c3c2O[C@](C)(CC/C=C(\C)CCC=C(C)C)[C@@H](O)C3)C1=O)N1Cc2c(cc(OC(=O)C3CCS(=O)CC3)c3c2O[C@](C)(CC/C=C(\C)CCC=C(C)C)[C@@H](O)C3)C1=O. The normalized spacial score (nSPS) is 25.5. The zero-order valence-electron chi connectivity index (χ0n) is 50.3. The van der Waals surface area contributed by atoms with Crippen LogP contribution in [0.5, 0.6) is 23.0 Å². The molecule has 6 aliphatic rings. The van der Waals surface area contributed by atoms with Crippen molar-refractivity contribution in [1.82, 2.24) is 14.7 Å². The highest BCUT2D eigenvalue weighted by Crippen LogP contribution is 2.49. The molecule has 19 heteroatoms. The lowest BCUT2D eigenvalue weighted by Gasteiger charge is -2.41. The predicted octanol–water partition coefficient (Wildman–Crippen LogP) is 9.21. The van der Waals surface area contributed by atoms with Crippen molar-refractivity contribution in [2.45, 2.75) is 188 Å². The Morgan fingerprint density at radius 2 is 1.21 bits per heavy atom. The second-order valence-corrected chi connectivity index (χ2v) is 27.0. The van der Waals surface area contributed by atoms with E-state index in [0.29, 0.717) is 72.3 Å². The van der Waals surface area contributed by atoms with Crippen molar-refractivity contribution in [3.8, 4) is 23.0 Å². The highest BCUT2D eigenvalue weighted by atomic mass is 32.2. The van der Waals surface area contributed by atoms with Crippen molar-refractivity contribution in [2.24, 2.45) is 5.92 Å². The van der Waals surface area contributed by atoms with Crippen LogP contribution in [0.25, 0.3) is 0 Å². The standard InChI is InChI=1S/C62H83N3O14S2/c1-38(2)14-9-16-40(5)18-11-23-61(7)52(66)34-45-50(76-59(72)42-21-28-80(74)29-22-42)32-43-47(54(45)78-61)36-64(56(43)68)25-13-20-49(58(70)71)65-37-48-44(57(65)69)33-51(77-60(73)63-26-30-81(75)31-27-63)46-35-53(67)62(8,79-55(46)48)24-12-19-41(6)17-10-15-39(3)4/h14-15,18-19,32-33,42,49,52-53,66-67H,9-13,16-17,20-31,34-37H2,1-8H3,(H,70,71)/b40-18+,41-19+/t42?,49-,52-,53-,61+,62+,80?/m0/s1/i25D2. The Labute approximate surface area is 484 Å². The second kappa shape index (κ2) is 26.3. The molecule has 81 heavy (non-hydrogen) atoms. The van der Waals surface area contributed by atoms with Crippen LogP contribution in [-0.2, 0) is 57.1 Å². The van der Waals surface area contributed by atoms with Crippen LogP contribution in [0.3, 0.4) is 0 Å². The molecule has 2 aromatic rings. The minimum atomic E-state index is -2.52. The fourth-order valence-corrected chi connectivity index (χ4v) is 13.9. The number of aliphatic hydroxyl groups excluding tert-OH is 2. The van der Waals surface area contributed by atoms with Gasteiger partial charge in [0.25, 0.3) is 11.8 Å². The summed E-state index contributed by atoms with van der Waals surface area (Å²) in [6, 6.07) is 1.14. The van der Waals surface area contributed by atoms with E-state index in [4.69, 9.17) is 18.9 Å². The smallest absolute Gasteiger partial charge is 0.415 e. The van der Waals surface area contributed by atoms with Gasteiger partial charge in [0.2, 0.25) is 0 Å². The Morgan fingerprint density at radius 1 is 0.716 bits per heavy atom. The molecule has 0 aromatic heterocycles. The van der Waals surface area contributed by atoms with Crippen LogP contribution in [0.15, 0.2) is 58.7 Å². The van der Waals surface area contributed by atoms with E-state index in [0.717, 1.165) is 35.5 Å². The van der Waals surface area contributed by atoms with Crippen LogP contribution in [0.4, 0.5) is 4.79 Å². The molecular weight excluding hydrogens is 1070 g/mol. The second-order valence-electron chi connectivity index (χ2n) is 23.6. The first-order chi connectivity index (χ1) is 39.2. The number of carboxylic acid groups (broad SMARTS) is 1. The number of ether oxygens (including phenoxy) is 4. The Bertz CT molecular complexity index is 3040. The van der Waals surface area contributed by atoms with Crippen LogP contribution in [0.2, 0.25) is 0 Å². The number of amides is 3. The number of aliphatic hydroxyl groups is 2. The summed E-state index contributed by atoms with van der Waals surface area (Å²) in [7, 11) is -2.13. The number of carbonyl (C=O) groups is 5. The molecule has 0 aliphatic carbocycles. The molecule has 8 rings (SSSR count). The number of esters is 1. The van der Waals surface area contributed by atoms with Crippen molar-refractivity contribution in [2.75, 3.05) is 42.6 Å². The van der Waals surface area contributed by atoms with E-state index >= 15 is 0 Å². The van der Waals surface area contributed by atoms with E-state index in [9.17, 15) is 50.5 Å². The summed E-state index contributed by atoms with van der Waals surface area (Å²) in [5, 5.41) is 34.5. The Kier molecular flexibility index (Phi) is 19.0. The number of hydrogen-bond donors (Lipinski definition) is 3. The van der Waals surface area contributed by atoms with Gasteiger partial charge in [-0.05, 0) is 145 Å². The lowest BCUT2D eigenvalue weighted by Crippen LogP contribution is -2.49. The average molecular weight is 1160 g/mol. The monoisotopic (exact) mass is 1160 g/mol. The molecule has 2 saturated heterocycles. The molecule has 6 heterocycles. The third kappa shape index (κ3) is 14.4. The van der Waals surface area contributed by atoms with E-state index in [1.54, 1.807) is 13.8 Å². The maximum Gasteiger partial charge on any atom is 0.415 e. The first-order valence-electron chi connectivity index (χ1n) is 29.6. The van der Waals surface area contributed by atoms with Gasteiger partial charge in [-0.15, -0.1) is 0 Å². The van der Waals surface area contributed by atoms with Gasteiger partial charge in [0, 0.05) is 102 Å². The minimum Gasteiger partial charge on any atom is -0.484 e. The molecule has 3 amide bonds. The molecule has 0 unspecified atom stereocenters. The van der Waals surface area contributed by atoms with Crippen LogP contribution in [0, 0.1) is 5.92 Å². The van der Waals surface area contributed by atoms with Gasteiger partial charge < -0.3 is 49.0 Å². The van der Waals surface area contributed by atoms with Crippen molar-refractivity contribution in [1.29, 1.82) is 0 Å². The van der Waals surface area contributed by atoms with Crippen molar-refractivity contribution in [3.05, 3.63) is 92.1 Å². The van der Waals surface area contributed by atoms with Gasteiger partial charge in [0.1, 0.15) is 40.2 Å². The van der Waals surface area contributed by atoms with Crippen LogP contribution < -0.4 is 18.9 Å². The maximum atomic E-state index is 14.7. The van der Waals surface area contributed by atoms with Gasteiger partial charge in [-0.3, -0.25) is 22.8 Å². The maximum absolute atomic E-state index is 14.7. The van der Waals surface area contributed by atoms with E-state index in [1.807, 2.05) is 0 Å². The number of aliphatic carboxylic acids is 1. The highest BCUT2D eigenvalue weighted by Gasteiger charge is 2.48. The zero-order valence-corrected chi connectivity index (χ0v) is 50.0. The largest absolute Gasteiger partial charge is 0.484 e. The number of hydrogen-bond acceptors (Lipinski definition) is 13. The van der Waals surface area contributed by atoms with Crippen LogP contribution in [-0.4, -0.2) is 140 Å². The summed E-state index contributed by atoms with van der Waals surface area (Å²) >= 11 is 0. The number of carbonyl (C=O) groups excluding carboxylic acids is 4. The topological polar surface area (TPSA) is 227 Å². The summed E-state index contributed by atoms with van der Waals surface area (Å²) in [5.41, 5.74) is 3.84. The molecule has 2 fully saturated rings. The third-order valence-electron chi connectivity index (χ3n) is 16.8. The van der Waals surface area contributed by atoms with Gasteiger partial charge in [-0.2, -0.15) is 0 Å². The summed E-state index contributed by atoms with van der Waals surface area (Å²) in [4.78, 5) is 73.7. The van der Waals surface area contributed by atoms with Crippen LogP contribution >= 0.6 is 0 Å². The molecule has 2 aromatic carbocycles. The van der Waals surface area contributed by atoms with Crippen LogP contribution in [0.1, 0.15) is 178 Å². The fraction of sp³-hybridized carbons (Fsp3) is 0.597. The summed E-state index contributed by atoms with van der Waals surface area (Å²) in [6.07, 6.45) is 10.8. The summed E-state index contributed by atoms with van der Waals surface area (Å²) in [5.74, 6) is -2.47. The molecular formula is C62H83N3O14S2. The fourth-order valence-electron chi connectivity index (χ4n) is 11.5. The summed E-state index contributed by atoms with van der Waals surface area (Å²) in [6.45, 7) is 13.1. The van der Waals surface area contributed by atoms with Gasteiger partial charge in [-0.25, -0.2) is 9.59 Å². The number of allylic oxidation sites excluding steroid dienone is 8. The van der Waals surface area contributed by atoms with Crippen molar-refractivity contribution < 1.29 is 69.4 Å². The van der Waals surface area contributed by atoms with Gasteiger partial charge >= 0.3 is 18.0 Å². The van der Waals surface area contributed by atoms with Gasteiger partial charge in [0.15, 0.2) is 0 Å². The molecule has 3 N–H and O–H groups in total. The molecule has 0 radical (unpaired) electrons. The molecule has 0 spiro atoms. The van der Waals surface area contributed by atoms with Crippen molar-refractivity contribution in [3.63, 3.8) is 0 Å². The molecule has 0 bridgehead atoms. The van der Waals surface area contributed by atoms with E-state index in [1.165, 1.54) is 39.3 Å². The number of carboxylic acids is 1. The lowest BCUT2D eigenvalue weighted by molar-refractivity contribution is -0.143. The van der Waals surface area contributed by atoms with E-state index in [-0.39, 0.29) is 84.7 Å². The average Bonchev–Trinajstić information content (AvgIpc) is 2.02. The van der Waals surface area contributed by atoms with E-state index < -0.39 is 106 Å². The molecule has 6 aliphatic heterocycles. The first-order valence-corrected chi connectivity index (χ1v) is 31.6. The van der Waals surface area contributed by atoms with Gasteiger partial charge in [0.05, 0.1) is 42.3 Å². The Balaban J connectivity index is 1.05. The number of benzene rings is 2. The molecule has 442 valence electrons.